The minimum atomic E-state index is -0.109. The minimum Gasteiger partial charge on any atom is -0.491 e. The molecule has 0 atom stereocenters. The van der Waals surface area contributed by atoms with Gasteiger partial charge in [-0.3, -0.25) is 9.20 Å². The van der Waals surface area contributed by atoms with Gasteiger partial charge in [0.2, 0.25) is 0 Å². The zero-order chi connectivity index (χ0) is 15.0. The van der Waals surface area contributed by atoms with E-state index in [1.807, 2.05) is 48.6 Å². The van der Waals surface area contributed by atoms with Gasteiger partial charge >= 0.3 is 0 Å². The number of para-hydroxylation sites is 1. The van der Waals surface area contributed by atoms with Crippen molar-refractivity contribution in [3.63, 3.8) is 0 Å². The van der Waals surface area contributed by atoms with Crippen LogP contribution < -0.4 is 5.56 Å². The lowest BCUT2D eigenvalue weighted by Crippen LogP contribution is -2.26. The quantitative estimate of drug-likeness (QED) is 0.692. The molecule has 3 aromatic rings. The van der Waals surface area contributed by atoms with Crippen molar-refractivity contribution in [1.82, 2.24) is 14.2 Å². The third-order valence-corrected chi connectivity index (χ3v) is 3.46. The predicted molar refractivity (Wildman–Crippen MR) is 83.3 cm³/mol. The number of nitrogens with zero attached hydrogens (tertiary/aromatic N) is 3. The molecule has 0 aliphatic heterocycles. The minimum absolute atomic E-state index is 0.109. The second-order valence-electron chi connectivity index (χ2n) is 4.72. The fraction of sp³-hybridized carbons (Fsp3) is 0.250. The molecule has 0 bridgehead atoms. The number of hydrogen-bond acceptors (Lipinski definition) is 3. The highest BCUT2D eigenvalue weighted by Crippen LogP contribution is 2.22. The van der Waals surface area contributed by atoms with Crippen molar-refractivity contribution in [2.75, 3.05) is 6.61 Å². The van der Waals surface area contributed by atoms with E-state index >= 15 is 0 Å². The Morgan fingerprint density at radius 1 is 1.29 bits per heavy atom. The standard InChI is InChI=1S/C16H17N3O2/c1-4-18-16(20)14-10-12-8-6-7-9-13(12)19(14)15(17-18)11(3)21-5-2/h6-10H,3-5H2,1-2H3. The summed E-state index contributed by atoms with van der Waals surface area (Å²) in [6.45, 7) is 8.73. The summed E-state index contributed by atoms with van der Waals surface area (Å²) >= 11 is 0. The molecule has 3 rings (SSSR count). The molecule has 5 nitrogen and oxygen atoms in total. The monoisotopic (exact) mass is 283 g/mol. The Hall–Kier alpha value is -2.56. The van der Waals surface area contributed by atoms with Gasteiger partial charge in [-0.15, -0.1) is 5.10 Å². The SMILES string of the molecule is C=C(OCC)c1nn(CC)c(=O)c2cc3ccccc3n12. The summed E-state index contributed by atoms with van der Waals surface area (Å²) in [5, 5.41) is 5.40. The second kappa shape index (κ2) is 5.09. The van der Waals surface area contributed by atoms with Crippen LogP contribution in [-0.2, 0) is 11.3 Å². The van der Waals surface area contributed by atoms with Crippen molar-refractivity contribution in [3.8, 4) is 0 Å². The Kier molecular flexibility index (Phi) is 3.25. The maximum absolute atomic E-state index is 12.5. The Morgan fingerprint density at radius 2 is 2.05 bits per heavy atom. The molecule has 2 heterocycles. The number of aryl methyl sites for hydroxylation is 1. The van der Waals surface area contributed by atoms with Crippen molar-refractivity contribution in [3.05, 3.63) is 53.1 Å². The number of ether oxygens (including phenoxy) is 1. The Morgan fingerprint density at radius 3 is 2.76 bits per heavy atom. The molecule has 0 saturated heterocycles. The van der Waals surface area contributed by atoms with Gasteiger partial charge in [-0.2, -0.15) is 0 Å². The van der Waals surface area contributed by atoms with E-state index in [1.165, 1.54) is 4.68 Å². The van der Waals surface area contributed by atoms with Gasteiger partial charge in [-0.25, -0.2) is 4.68 Å². The van der Waals surface area contributed by atoms with Crippen molar-refractivity contribution < 1.29 is 4.74 Å². The molecule has 0 radical (unpaired) electrons. The molecule has 21 heavy (non-hydrogen) atoms. The average Bonchev–Trinajstić information content (AvgIpc) is 2.88. The van der Waals surface area contributed by atoms with E-state index < -0.39 is 0 Å². The van der Waals surface area contributed by atoms with Crippen LogP contribution in [0.15, 0.2) is 41.7 Å². The molecule has 0 saturated carbocycles. The Bertz CT molecular complexity index is 890. The number of fused-ring (bicyclic) bond motifs is 3. The zero-order valence-corrected chi connectivity index (χ0v) is 12.2. The first-order valence-corrected chi connectivity index (χ1v) is 7.00. The van der Waals surface area contributed by atoms with Gasteiger partial charge in [0.05, 0.1) is 12.1 Å². The molecule has 0 aliphatic carbocycles. The van der Waals surface area contributed by atoms with E-state index in [2.05, 4.69) is 11.7 Å². The van der Waals surface area contributed by atoms with Crippen LogP contribution in [0.3, 0.4) is 0 Å². The fourth-order valence-corrected chi connectivity index (χ4v) is 2.51. The third kappa shape index (κ3) is 2.01. The lowest BCUT2D eigenvalue weighted by Gasteiger charge is -2.12. The molecular weight excluding hydrogens is 266 g/mol. The van der Waals surface area contributed by atoms with E-state index in [0.717, 1.165) is 10.9 Å². The van der Waals surface area contributed by atoms with Crippen LogP contribution in [0, 0.1) is 0 Å². The fourth-order valence-electron chi connectivity index (χ4n) is 2.51. The van der Waals surface area contributed by atoms with Crippen LogP contribution >= 0.6 is 0 Å². The smallest absolute Gasteiger partial charge is 0.291 e. The van der Waals surface area contributed by atoms with Gasteiger partial charge < -0.3 is 4.74 Å². The third-order valence-electron chi connectivity index (χ3n) is 3.46. The lowest BCUT2D eigenvalue weighted by atomic mass is 10.2. The van der Waals surface area contributed by atoms with Gasteiger partial charge in [-0.1, -0.05) is 24.8 Å². The van der Waals surface area contributed by atoms with Gasteiger partial charge in [0, 0.05) is 11.9 Å². The number of aromatic nitrogens is 3. The summed E-state index contributed by atoms with van der Waals surface area (Å²) in [6, 6.07) is 9.71. The van der Waals surface area contributed by atoms with Crippen LogP contribution in [0.5, 0.6) is 0 Å². The molecule has 108 valence electrons. The van der Waals surface area contributed by atoms with Crippen molar-refractivity contribution in [2.45, 2.75) is 20.4 Å². The summed E-state index contributed by atoms with van der Waals surface area (Å²) in [7, 11) is 0. The van der Waals surface area contributed by atoms with Crippen LogP contribution in [0.2, 0.25) is 0 Å². The van der Waals surface area contributed by atoms with Gasteiger partial charge in [0.15, 0.2) is 11.6 Å². The molecule has 0 fully saturated rings. The number of hydrogen-bond donors (Lipinski definition) is 0. The Balaban J connectivity index is 2.46. The van der Waals surface area contributed by atoms with E-state index in [1.54, 1.807) is 0 Å². The molecule has 0 unspecified atom stereocenters. The second-order valence-corrected chi connectivity index (χ2v) is 4.72. The molecular formula is C16H17N3O2. The van der Waals surface area contributed by atoms with Crippen LogP contribution in [0.1, 0.15) is 19.7 Å². The molecule has 0 aliphatic rings. The molecule has 0 spiro atoms. The topological polar surface area (TPSA) is 48.5 Å². The van der Waals surface area contributed by atoms with E-state index in [9.17, 15) is 4.79 Å². The van der Waals surface area contributed by atoms with Gasteiger partial charge in [0.1, 0.15) is 5.52 Å². The average molecular weight is 283 g/mol. The summed E-state index contributed by atoms with van der Waals surface area (Å²) in [5.74, 6) is 1.03. The highest BCUT2D eigenvalue weighted by Gasteiger charge is 2.16. The van der Waals surface area contributed by atoms with Crippen LogP contribution in [-0.4, -0.2) is 20.8 Å². The molecule has 0 amide bonds. The van der Waals surface area contributed by atoms with Crippen LogP contribution in [0.4, 0.5) is 0 Å². The number of rotatable bonds is 4. The number of benzene rings is 1. The summed E-state index contributed by atoms with van der Waals surface area (Å²) in [5.41, 5.74) is 1.40. The van der Waals surface area contributed by atoms with Gasteiger partial charge in [0.25, 0.3) is 5.56 Å². The highest BCUT2D eigenvalue weighted by atomic mass is 16.5. The first-order chi connectivity index (χ1) is 10.2. The molecule has 1 aromatic carbocycles. The largest absolute Gasteiger partial charge is 0.491 e. The normalized spacial score (nSPS) is 11.1. The van der Waals surface area contributed by atoms with Crippen molar-refractivity contribution >= 4 is 22.2 Å². The summed E-state index contributed by atoms with van der Waals surface area (Å²) < 4.78 is 8.76. The molecule has 5 heteroatoms. The maximum Gasteiger partial charge on any atom is 0.291 e. The first kappa shape index (κ1) is 13.4. The Labute approximate surface area is 122 Å². The van der Waals surface area contributed by atoms with Crippen molar-refractivity contribution in [1.29, 1.82) is 0 Å². The maximum atomic E-state index is 12.5. The summed E-state index contributed by atoms with van der Waals surface area (Å²) in [4.78, 5) is 12.5. The van der Waals surface area contributed by atoms with Crippen molar-refractivity contribution in [2.24, 2.45) is 0 Å². The predicted octanol–water partition coefficient (Wildman–Crippen LogP) is 2.68. The highest BCUT2D eigenvalue weighted by molar-refractivity contribution is 5.87. The van der Waals surface area contributed by atoms with E-state index in [0.29, 0.717) is 30.3 Å². The summed E-state index contributed by atoms with van der Waals surface area (Å²) in [6.07, 6.45) is 0. The molecule has 0 N–H and O–H groups in total. The zero-order valence-electron chi connectivity index (χ0n) is 12.2. The van der Waals surface area contributed by atoms with E-state index in [4.69, 9.17) is 4.74 Å². The molecule has 2 aromatic heterocycles. The van der Waals surface area contributed by atoms with E-state index in [-0.39, 0.29) is 5.56 Å². The van der Waals surface area contributed by atoms with Gasteiger partial charge in [-0.05, 0) is 26.0 Å². The first-order valence-electron chi connectivity index (χ1n) is 7.00. The lowest BCUT2D eigenvalue weighted by molar-refractivity contribution is 0.294. The van der Waals surface area contributed by atoms with Crippen LogP contribution in [0.25, 0.3) is 22.2 Å².